The molecule has 0 bridgehead atoms. The predicted octanol–water partition coefficient (Wildman–Crippen LogP) is 4.41. The number of hydrogen-bond acceptors (Lipinski definition) is 3. The SMILES string of the molecule is Cc1ccc(C(=O)OCc2nc3ccccc3n2C(F)F)c(C)c1. The lowest BCUT2D eigenvalue weighted by Crippen LogP contribution is -2.11. The minimum absolute atomic E-state index is 0.0179. The van der Waals surface area contributed by atoms with E-state index in [4.69, 9.17) is 4.74 Å². The number of ether oxygens (including phenoxy) is 1. The number of hydrogen-bond donors (Lipinski definition) is 0. The van der Waals surface area contributed by atoms with Gasteiger partial charge in [0.15, 0.2) is 5.82 Å². The quantitative estimate of drug-likeness (QED) is 0.666. The Morgan fingerprint density at radius 2 is 1.96 bits per heavy atom. The molecule has 1 heterocycles. The standard InChI is InChI=1S/C18H16F2N2O2/c1-11-7-8-13(12(2)9-11)17(23)24-10-16-21-14-5-3-4-6-15(14)22(16)18(19)20/h3-9,18H,10H2,1-2H3. The lowest BCUT2D eigenvalue weighted by Gasteiger charge is -2.10. The number of carbonyl (C=O) groups is 1. The molecule has 2 aromatic carbocycles. The molecule has 0 saturated heterocycles. The van der Waals surface area contributed by atoms with Crippen molar-refractivity contribution in [3.05, 3.63) is 65.0 Å². The number of aromatic nitrogens is 2. The molecule has 0 radical (unpaired) electrons. The molecular formula is C18H16F2N2O2. The number of nitrogens with zero attached hydrogens (tertiary/aromatic N) is 2. The van der Waals surface area contributed by atoms with Crippen molar-refractivity contribution >= 4 is 17.0 Å². The molecule has 124 valence electrons. The lowest BCUT2D eigenvalue weighted by atomic mass is 10.1. The van der Waals surface area contributed by atoms with Crippen LogP contribution in [0.3, 0.4) is 0 Å². The van der Waals surface area contributed by atoms with E-state index in [1.54, 1.807) is 43.3 Å². The highest BCUT2D eigenvalue weighted by molar-refractivity contribution is 5.91. The van der Waals surface area contributed by atoms with Gasteiger partial charge in [-0.15, -0.1) is 0 Å². The molecule has 24 heavy (non-hydrogen) atoms. The first-order chi connectivity index (χ1) is 11.5. The van der Waals surface area contributed by atoms with Crippen LogP contribution in [0.2, 0.25) is 0 Å². The van der Waals surface area contributed by atoms with Crippen LogP contribution in [0.4, 0.5) is 8.78 Å². The van der Waals surface area contributed by atoms with Gasteiger partial charge in [0.1, 0.15) is 6.61 Å². The van der Waals surface area contributed by atoms with Crippen LogP contribution in [0.15, 0.2) is 42.5 Å². The van der Waals surface area contributed by atoms with Gasteiger partial charge in [0, 0.05) is 0 Å². The number of fused-ring (bicyclic) bond motifs is 1. The Morgan fingerprint density at radius 1 is 1.21 bits per heavy atom. The summed E-state index contributed by atoms with van der Waals surface area (Å²) in [6, 6.07) is 11.9. The van der Waals surface area contributed by atoms with Crippen molar-refractivity contribution in [2.45, 2.75) is 27.0 Å². The maximum Gasteiger partial charge on any atom is 0.338 e. The van der Waals surface area contributed by atoms with Crippen LogP contribution in [0.1, 0.15) is 33.9 Å². The van der Waals surface area contributed by atoms with Gasteiger partial charge in [0.05, 0.1) is 16.6 Å². The van der Waals surface area contributed by atoms with Crippen molar-refractivity contribution in [1.82, 2.24) is 9.55 Å². The van der Waals surface area contributed by atoms with Crippen LogP contribution in [0.5, 0.6) is 0 Å². The van der Waals surface area contributed by atoms with E-state index in [1.165, 1.54) is 0 Å². The van der Waals surface area contributed by atoms with Gasteiger partial charge in [0.2, 0.25) is 0 Å². The number of alkyl halides is 2. The predicted molar refractivity (Wildman–Crippen MR) is 86.0 cm³/mol. The van der Waals surface area contributed by atoms with Crippen molar-refractivity contribution < 1.29 is 18.3 Å². The van der Waals surface area contributed by atoms with Crippen molar-refractivity contribution in [3.8, 4) is 0 Å². The summed E-state index contributed by atoms with van der Waals surface area (Å²) in [4.78, 5) is 16.3. The van der Waals surface area contributed by atoms with Gasteiger partial charge in [0.25, 0.3) is 0 Å². The van der Waals surface area contributed by atoms with Crippen LogP contribution < -0.4 is 0 Å². The van der Waals surface area contributed by atoms with Gasteiger partial charge >= 0.3 is 12.5 Å². The van der Waals surface area contributed by atoms with Crippen LogP contribution >= 0.6 is 0 Å². The monoisotopic (exact) mass is 330 g/mol. The van der Waals surface area contributed by atoms with Crippen molar-refractivity contribution in [1.29, 1.82) is 0 Å². The molecule has 0 unspecified atom stereocenters. The molecule has 6 heteroatoms. The molecule has 1 aromatic heterocycles. The van der Waals surface area contributed by atoms with E-state index in [-0.39, 0.29) is 12.4 Å². The first-order valence-corrected chi connectivity index (χ1v) is 7.45. The highest BCUT2D eigenvalue weighted by Gasteiger charge is 2.19. The van der Waals surface area contributed by atoms with Gasteiger partial charge in [-0.05, 0) is 37.6 Å². The zero-order valence-electron chi connectivity index (χ0n) is 13.3. The average Bonchev–Trinajstić information content (AvgIpc) is 2.91. The number of esters is 1. The molecule has 0 amide bonds. The minimum Gasteiger partial charge on any atom is -0.454 e. The largest absolute Gasteiger partial charge is 0.454 e. The number of rotatable bonds is 4. The maximum absolute atomic E-state index is 13.3. The van der Waals surface area contributed by atoms with E-state index < -0.39 is 12.5 Å². The molecule has 4 nitrogen and oxygen atoms in total. The summed E-state index contributed by atoms with van der Waals surface area (Å²) in [6.45, 7) is 0.656. The number of para-hydroxylation sites is 2. The van der Waals surface area contributed by atoms with E-state index in [0.29, 0.717) is 16.6 Å². The summed E-state index contributed by atoms with van der Waals surface area (Å²) in [5, 5.41) is 0. The first kappa shape index (κ1) is 16.1. The smallest absolute Gasteiger partial charge is 0.338 e. The molecular weight excluding hydrogens is 314 g/mol. The third kappa shape index (κ3) is 2.99. The highest BCUT2D eigenvalue weighted by atomic mass is 19.3. The summed E-state index contributed by atoms with van der Waals surface area (Å²) in [5.41, 5.74) is 2.98. The van der Waals surface area contributed by atoms with E-state index in [9.17, 15) is 13.6 Å². The highest BCUT2D eigenvalue weighted by Crippen LogP contribution is 2.23. The van der Waals surface area contributed by atoms with E-state index >= 15 is 0 Å². The van der Waals surface area contributed by atoms with Crippen molar-refractivity contribution in [2.24, 2.45) is 0 Å². The third-order valence-electron chi connectivity index (χ3n) is 3.80. The Bertz CT molecular complexity index is 903. The number of benzene rings is 2. The van der Waals surface area contributed by atoms with E-state index in [0.717, 1.165) is 15.7 Å². The normalized spacial score (nSPS) is 11.2. The number of halogens is 2. The molecule has 0 spiro atoms. The molecule has 0 atom stereocenters. The number of carbonyl (C=O) groups excluding carboxylic acids is 1. The molecule has 0 aliphatic carbocycles. The fourth-order valence-electron chi connectivity index (χ4n) is 2.66. The molecule has 0 aliphatic rings. The molecule has 0 aliphatic heterocycles. The zero-order valence-corrected chi connectivity index (χ0v) is 13.3. The Labute approximate surface area is 137 Å². The molecule has 3 aromatic rings. The van der Waals surface area contributed by atoms with Gasteiger partial charge in [-0.3, -0.25) is 4.57 Å². The summed E-state index contributed by atoms with van der Waals surface area (Å²) in [6.07, 6.45) is 0. The topological polar surface area (TPSA) is 44.1 Å². The Kier molecular flexibility index (Phi) is 4.29. The maximum atomic E-state index is 13.3. The van der Waals surface area contributed by atoms with Crippen molar-refractivity contribution in [2.75, 3.05) is 0 Å². The summed E-state index contributed by atoms with van der Waals surface area (Å²) < 4.78 is 32.6. The van der Waals surface area contributed by atoms with Crippen LogP contribution in [0.25, 0.3) is 11.0 Å². The lowest BCUT2D eigenvalue weighted by molar-refractivity contribution is 0.0387. The molecule has 0 fully saturated rings. The minimum atomic E-state index is -2.76. The number of imidazole rings is 1. The second-order valence-corrected chi connectivity index (χ2v) is 5.56. The van der Waals surface area contributed by atoms with Crippen LogP contribution in [-0.4, -0.2) is 15.5 Å². The molecule has 3 rings (SSSR count). The van der Waals surface area contributed by atoms with Crippen molar-refractivity contribution in [3.63, 3.8) is 0 Å². The molecule has 0 N–H and O–H groups in total. The Hall–Kier alpha value is -2.76. The van der Waals surface area contributed by atoms with Crippen LogP contribution in [-0.2, 0) is 11.3 Å². The summed E-state index contributed by atoms with van der Waals surface area (Å²) >= 11 is 0. The number of aryl methyl sites for hydroxylation is 2. The summed E-state index contributed by atoms with van der Waals surface area (Å²) in [5.74, 6) is -0.537. The fourth-order valence-corrected chi connectivity index (χ4v) is 2.66. The fraction of sp³-hybridized carbons (Fsp3) is 0.222. The van der Waals surface area contributed by atoms with Gasteiger partial charge in [-0.1, -0.05) is 29.8 Å². The van der Waals surface area contributed by atoms with Crippen LogP contribution in [0, 0.1) is 13.8 Å². The first-order valence-electron chi connectivity index (χ1n) is 7.45. The second kappa shape index (κ2) is 6.39. The Morgan fingerprint density at radius 3 is 2.67 bits per heavy atom. The second-order valence-electron chi connectivity index (χ2n) is 5.56. The average molecular weight is 330 g/mol. The van der Waals surface area contributed by atoms with E-state index in [2.05, 4.69) is 4.98 Å². The van der Waals surface area contributed by atoms with Gasteiger partial charge in [-0.2, -0.15) is 8.78 Å². The van der Waals surface area contributed by atoms with Gasteiger partial charge < -0.3 is 4.74 Å². The van der Waals surface area contributed by atoms with Gasteiger partial charge in [-0.25, -0.2) is 9.78 Å². The van der Waals surface area contributed by atoms with E-state index in [1.807, 2.05) is 13.0 Å². The molecule has 0 saturated carbocycles. The Balaban J connectivity index is 1.85. The third-order valence-corrected chi connectivity index (χ3v) is 3.80. The zero-order chi connectivity index (χ0) is 17.3. The summed E-state index contributed by atoms with van der Waals surface area (Å²) in [7, 11) is 0.